The zero-order valence-corrected chi connectivity index (χ0v) is 11.4. The summed E-state index contributed by atoms with van der Waals surface area (Å²) < 4.78 is 5.60. The molecule has 2 amide bonds. The Morgan fingerprint density at radius 3 is 3.00 bits per heavy atom. The average Bonchev–Trinajstić information content (AvgIpc) is 2.85. The van der Waals surface area contributed by atoms with Crippen LogP contribution in [-0.2, 0) is 11.3 Å². The molecule has 0 bridgehead atoms. The molecule has 0 atom stereocenters. The largest absolute Gasteiger partial charge is 0.451 e. The number of furan rings is 1. The highest BCUT2D eigenvalue weighted by Gasteiger charge is 2.24. The van der Waals surface area contributed by atoms with Gasteiger partial charge in [0.15, 0.2) is 5.76 Å². The van der Waals surface area contributed by atoms with Gasteiger partial charge in [0.05, 0.1) is 6.54 Å². The van der Waals surface area contributed by atoms with Gasteiger partial charge in [-0.25, -0.2) is 5.84 Å². The number of nitrogens with two attached hydrogens (primary N) is 1. The number of nitrogens with one attached hydrogen (secondary N) is 2. The summed E-state index contributed by atoms with van der Waals surface area (Å²) in [6.07, 6.45) is 0. The number of hydrogen-bond acceptors (Lipinski definition) is 5. The fourth-order valence-corrected chi connectivity index (χ4v) is 2.55. The minimum absolute atomic E-state index is 0.0149. The van der Waals surface area contributed by atoms with Crippen LogP contribution in [0.15, 0.2) is 28.7 Å². The van der Waals surface area contributed by atoms with Gasteiger partial charge in [-0.15, -0.1) is 0 Å². The first-order valence-corrected chi connectivity index (χ1v) is 6.69. The lowest BCUT2D eigenvalue weighted by atomic mass is 10.1. The van der Waals surface area contributed by atoms with Crippen molar-refractivity contribution in [1.29, 1.82) is 0 Å². The minimum Gasteiger partial charge on any atom is -0.451 e. The van der Waals surface area contributed by atoms with Crippen LogP contribution >= 0.6 is 0 Å². The van der Waals surface area contributed by atoms with Crippen LogP contribution in [0, 0.1) is 0 Å². The van der Waals surface area contributed by atoms with Crippen LogP contribution in [0.3, 0.4) is 0 Å². The minimum atomic E-state index is -0.470. The molecular weight excluding hydrogens is 272 g/mol. The molecule has 7 nitrogen and oxygen atoms in total. The Morgan fingerprint density at radius 1 is 1.43 bits per heavy atom. The Morgan fingerprint density at radius 2 is 2.24 bits per heavy atom. The predicted molar refractivity (Wildman–Crippen MR) is 76.2 cm³/mol. The van der Waals surface area contributed by atoms with E-state index in [9.17, 15) is 9.59 Å². The van der Waals surface area contributed by atoms with E-state index in [0.717, 1.165) is 17.5 Å². The first-order valence-electron chi connectivity index (χ1n) is 6.69. The molecule has 0 unspecified atom stereocenters. The maximum atomic E-state index is 11.9. The Labute approximate surface area is 121 Å². The predicted octanol–water partition coefficient (Wildman–Crippen LogP) is -0.0319. The van der Waals surface area contributed by atoms with E-state index in [-0.39, 0.29) is 11.7 Å². The maximum Gasteiger partial charge on any atom is 0.301 e. The number of amides is 2. The van der Waals surface area contributed by atoms with Gasteiger partial charge in [-0.05, 0) is 6.07 Å². The van der Waals surface area contributed by atoms with Gasteiger partial charge in [0.2, 0.25) is 5.91 Å². The van der Waals surface area contributed by atoms with Crippen molar-refractivity contribution in [3.63, 3.8) is 0 Å². The van der Waals surface area contributed by atoms with E-state index in [2.05, 4.69) is 10.7 Å². The summed E-state index contributed by atoms with van der Waals surface area (Å²) in [4.78, 5) is 25.3. The van der Waals surface area contributed by atoms with Gasteiger partial charge in [-0.3, -0.25) is 19.9 Å². The molecule has 2 heterocycles. The molecule has 0 aliphatic carbocycles. The second-order valence-electron chi connectivity index (χ2n) is 4.94. The van der Waals surface area contributed by atoms with Crippen molar-refractivity contribution in [3.8, 4) is 0 Å². The molecule has 1 aliphatic rings. The lowest BCUT2D eigenvalue weighted by Crippen LogP contribution is -2.47. The fraction of sp³-hybridized carbons (Fsp3) is 0.286. The first kappa shape index (κ1) is 13.6. The van der Waals surface area contributed by atoms with Crippen LogP contribution in [0.4, 0.5) is 0 Å². The topological polar surface area (TPSA) is 101 Å². The number of piperazine rings is 1. The normalized spacial score (nSPS) is 16.0. The number of nitrogens with zero attached hydrogens (tertiary/aromatic N) is 1. The number of nitrogen functional groups attached to an aromatic ring is 1. The molecule has 1 aromatic carbocycles. The molecule has 1 aliphatic heterocycles. The molecule has 4 N–H and O–H groups in total. The zero-order chi connectivity index (χ0) is 14.8. The molecule has 3 rings (SSSR count). The number of hydrogen-bond donors (Lipinski definition) is 3. The van der Waals surface area contributed by atoms with Gasteiger partial charge < -0.3 is 9.73 Å². The van der Waals surface area contributed by atoms with Crippen LogP contribution < -0.4 is 16.6 Å². The van der Waals surface area contributed by atoms with Crippen molar-refractivity contribution in [3.05, 3.63) is 35.6 Å². The van der Waals surface area contributed by atoms with Crippen LogP contribution in [-0.4, -0.2) is 36.3 Å². The van der Waals surface area contributed by atoms with Gasteiger partial charge in [0, 0.05) is 30.6 Å². The smallest absolute Gasteiger partial charge is 0.301 e. The Balaban J connectivity index is 1.98. The quantitative estimate of drug-likeness (QED) is 0.418. The van der Waals surface area contributed by atoms with Crippen LogP contribution in [0.2, 0.25) is 0 Å². The molecule has 21 heavy (non-hydrogen) atoms. The van der Waals surface area contributed by atoms with Crippen molar-refractivity contribution in [2.75, 3.05) is 19.6 Å². The third kappa shape index (κ3) is 2.61. The summed E-state index contributed by atoms with van der Waals surface area (Å²) in [5.74, 6) is 4.93. The van der Waals surface area contributed by atoms with E-state index >= 15 is 0 Å². The number of hydrazine groups is 1. The number of fused-ring (bicyclic) bond motifs is 1. The molecule has 0 radical (unpaired) electrons. The highest BCUT2D eigenvalue weighted by molar-refractivity contribution is 5.98. The summed E-state index contributed by atoms with van der Waals surface area (Å²) in [5.41, 5.74) is 3.48. The number of carbonyl (C=O) groups excluding carboxylic acids is 2. The van der Waals surface area contributed by atoms with Crippen LogP contribution in [0.1, 0.15) is 16.1 Å². The average molecular weight is 288 g/mol. The fourth-order valence-electron chi connectivity index (χ4n) is 2.55. The zero-order valence-electron chi connectivity index (χ0n) is 11.4. The highest BCUT2D eigenvalue weighted by Crippen LogP contribution is 2.27. The molecule has 1 fully saturated rings. The third-order valence-electron chi connectivity index (χ3n) is 3.53. The maximum absolute atomic E-state index is 11.9. The van der Waals surface area contributed by atoms with Crippen molar-refractivity contribution in [2.45, 2.75) is 6.54 Å². The summed E-state index contributed by atoms with van der Waals surface area (Å²) in [6.45, 7) is 2.11. The van der Waals surface area contributed by atoms with Gasteiger partial charge in [-0.2, -0.15) is 0 Å². The first-order chi connectivity index (χ1) is 10.2. The number of carbonyl (C=O) groups is 2. The third-order valence-corrected chi connectivity index (χ3v) is 3.53. The number of rotatable bonds is 3. The van der Waals surface area contributed by atoms with Crippen molar-refractivity contribution in [2.24, 2.45) is 5.84 Å². The molecule has 110 valence electrons. The lowest BCUT2D eigenvalue weighted by molar-refractivity contribution is -0.124. The summed E-state index contributed by atoms with van der Waals surface area (Å²) in [5, 5.41) is 3.64. The van der Waals surface area contributed by atoms with E-state index in [4.69, 9.17) is 10.3 Å². The monoisotopic (exact) mass is 288 g/mol. The Bertz CT molecular complexity index is 695. The molecular formula is C14H16N4O3. The van der Waals surface area contributed by atoms with Crippen molar-refractivity contribution >= 4 is 22.8 Å². The van der Waals surface area contributed by atoms with Crippen molar-refractivity contribution < 1.29 is 14.0 Å². The van der Waals surface area contributed by atoms with Gasteiger partial charge in [0.25, 0.3) is 0 Å². The van der Waals surface area contributed by atoms with E-state index < -0.39 is 5.91 Å². The molecule has 0 spiro atoms. The van der Waals surface area contributed by atoms with E-state index in [1.807, 2.05) is 23.1 Å². The second-order valence-corrected chi connectivity index (χ2v) is 4.94. The van der Waals surface area contributed by atoms with Crippen LogP contribution in [0.25, 0.3) is 11.0 Å². The number of para-hydroxylation sites is 1. The standard InChI is InChI=1S/C14H16N4O3/c15-17-14(20)13-10(7-18-6-5-16-12(19)8-18)9-3-1-2-4-11(9)21-13/h1-4H,5-8,15H2,(H,16,19)(H,17,20). The molecule has 7 heteroatoms. The van der Waals surface area contributed by atoms with E-state index in [0.29, 0.717) is 25.2 Å². The molecule has 0 saturated carbocycles. The Hall–Kier alpha value is -2.38. The highest BCUT2D eigenvalue weighted by atomic mass is 16.3. The summed E-state index contributed by atoms with van der Waals surface area (Å²) in [7, 11) is 0. The Kier molecular flexibility index (Phi) is 3.59. The second kappa shape index (κ2) is 5.55. The van der Waals surface area contributed by atoms with Crippen LogP contribution in [0.5, 0.6) is 0 Å². The lowest BCUT2D eigenvalue weighted by Gasteiger charge is -2.26. The molecule has 2 aromatic rings. The van der Waals surface area contributed by atoms with Gasteiger partial charge in [0.1, 0.15) is 5.58 Å². The van der Waals surface area contributed by atoms with Gasteiger partial charge in [-0.1, -0.05) is 18.2 Å². The van der Waals surface area contributed by atoms with Gasteiger partial charge >= 0.3 is 5.91 Å². The summed E-state index contributed by atoms with van der Waals surface area (Å²) in [6, 6.07) is 7.42. The number of benzene rings is 1. The van der Waals surface area contributed by atoms with E-state index in [1.165, 1.54) is 0 Å². The molecule has 1 saturated heterocycles. The van der Waals surface area contributed by atoms with Crippen molar-refractivity contribution in [1.82, 2.24) is 15.6 Å². The SMILES string of the molecule is NNC(=O)c1oc2ccccc2c1CN1CCNC(=O)C1. The molecule has 1 aromatic heterocycles. The van der Waals surface area contributed by atoms with E-state index in [1.54, 1.807) is 6.07 Å². The summed E-state index contributed by atoms with van der Waals surface area (Å²) >= 11 is 0.